The summed E-state index contributed by atoms with van der Waals surface area (Å²) in [5, 5.41) is 8.33. The van der Waals surface area contributed by atoms with Crippen LogP contribution in [0.2, 0.25) is 0 Å². The second kappa shape index (κ2) is 13.1. The van der Waals surface area contributed by atoms with E-state index in [0.717, 1.165) is 42.5 Å². The van der Waals surface area contributed by atoms with Crippen LogP contribution in [0, 0.1) is 5.92 Å². The van der Waals surface area contributed by atoms with Crippen LogP contribution in [0.5, 0.6) is 5.75 Å². The van der Waals surface area contributed by atoms with Crippen molar-refractivity contribution in [3.8, 4) is 5.75 Å². The third kappa shape index (κ3) is 7.12. The maximum atomic E-state index is 12.6. The van der Waals surface area contributed by atoms with Gasteiger partial charge in [0.25, 0.3) is 0 Å². The van der Waals surface area contributed by atoms with Crippen molar-refractivity contribution >= 4 is 17.0 Å². The fourth-order valence-corrected chi connectivity index (χ4v) is 5.97. The zero-order chi connectivity index (χ0) is 25.3. The molecule has 2 aliphatic carbocycles. The minimum Gasteiger partial charge on any atom is -0.488 e. The second-order valence-corrected chi connectivity index (χ2v) is 10.9. The van der Waals surface area contributed by atoms with Crippen molar-refractivity contribution in [2.45, 2.75) is 109 Å². The Morgan fingerprint density at radius 1 is 0.811 bits per heavy atom. The molecule has 2 fully saturated rings. The van der Waals surface area contributed by atoms with Gasteiger partial charge in [-0.2, -0.15) is 0 Å². The summed E-state index contributed by atoms with van der Waals surface area (Å²) < 4.78 is 17.2. The van der Waals surface area contributed by atoms with Gasteiger partial charge in [0.2, 0.25) is 0 Å². The van der Waals surface area contributed by atoms with Crippen LogP contribution in [-0.2, 0) is 16.1 Å². The standard InChI is InChI=1S/C31H40N2O4/c34-31(35-22-23-12-8-7-9-13-23)25-16-18-27(19-17-25)36-29-21-26(20-28-30(29)33-37-32-28)24-14-10-5-3-1-2-4-6-11-15-24/h7-9,12-13,20-21,24-25,27H,1-6,10-11,14-19,22H2. The van der Waals surface area contributed by atoms with Crippen molar-refractivity contribution in [2.24, 2.45) is 5.92 Å². The van der Waals surface area contributed by atoms with E-state index in [2.05, 4.69) is 22.4 Å². The van der Waals surface area contributed by atoms with Gasteiger partial charge in [0, 0.05) is 0 Å². The second-order valence-electron chi connectivity index (χ2n) is 10.9. The van der Waals surface area contributed by atoms with Crippen LogP contribution in [0.4, 0.5) is 0 Å². The third-order valence-electron chi connectivity index (χ3n) is 8.20. The molecule has 1 aromatic heterocycles. The molecule has 3 aromatic rings. The first-order valence-corrected chi connectivity index (χ1v) is 14.4. The van der Waals surface area contributed by atoms with E-state index in [-0.39, 0.29) is 18.0 Å². The monoisotopic (exact) mass is 504 g/mol. The number of benzene rings is 2. The quantitative estimate of drug-likeness (QED) is 0.318. The molecule has 2 aliphatic rings. The Morgan fingerprint density at radius 2 is 1.49 bits per heavy atom. The van der Waals surface area contributed by atoms with Crippen LogP contribution in [0.1, 0.15) is 107 Å². The molecular formula is C31H40N2O4. The van der Waals surface area contributed by atoms with Gasteiger partial charge in [0.05, 0.1) is 12.0 Å². The van der Waals surface area contributed by atoms with Gasteiger partial charge in [-0.3, -0.25) is 4.79 Å². The Balaban J connectivity index is 1.20. The van der Waals surface area contributed by atoms with Gasteiger partial charge in [-0.05, 0) is 78.0 Å². The predicted octanol–water partition coefficient (Wildman–Crippen LogP) is 7.90. The molecule has 37 heavy (non-hydrogen) atoms. The highest BCUT2D eigenvalue weighted by Gasteiger charge is 2.29. The largest absolute Gasteiger partial charge is 0.488 e. The highest BCUT2D eigenvalue weighted by molar-refractivity contribution is 5.81. The molecule has 2 aromatic carbocycles. The lowest BCUT2D eigenvalue weighted by Crippen LogP contribution is -2.29. The van der Waals surface area contributed by atoms with Crippen LogP contribution in [-0.4, -0.2) is 22.4 Å². The Kier molecular flexibility index (Phi) is 9.09. The molecule has 2 saturated carbocycles. The fraction of sp³-hybridized carbons (Fsp3) is 0.581. The molecule has 198 valence electrons. The number of rotatable bonds is 6. The van der Waals surface area contributed by atoms with E-state index in [0.29, 0.717) is 18.0 Å². The number of hydrogen-bond acceptors (Lipinski definition) is 6. The lowest BCUT2D eigenvalue weighted by atomic mass is 9.87. The summed E-state index contributed by atoms with van der Waals surface area (Å²) in [4.78, 5) is 12.6. The van der Waals surface area contributed by atoms with Crippen molar-refractivity contribution in [1.82, 2.24) is 10.3 Å². The van der Waals surface area contributed by atoms with Gasteiger partial charge in [0.15, 0.2) is 11.3 Å². The number of fused-ring (bicyclic) bond motifs is 1. The van der Waals surface area contributed by atoms with E-state index in [1.807, 2.05) is 30.3 Å². The summed E-state index contributed by atoms with van der Waals surface area (Å²) in [7, 11) is 0. The van der Waals surface area contributed by atoms with E-state index in [4.69, 9.17) is 14.1 Å². The molecular weight excluding hydrogens is 464 g/mol. The molecule has 0 bridgehead atoms. The molecule has 6 heteroatoms. The SMILES string of the molecule is O=C(OCc1ccccc1)C1CCC(Oc2cc(C3CCCCCCCCCC3)cc3nonc23)CC1. The molecule has 0 unspecified atom stereocenters. The topological polar surface area (TPSA) is 74.5 Å². The fourth-order valence-electron chi connectivity index (χ4n) is 5.97. The van der Waals surface area contributed by atoms with Gasteiger partial charge in [0.1, 0.15) is 12.1 Å². The number of hydrogen-bond donors (Lipinski definition) is 0. The highest BCUT2D eigenvalue weighted by Crippen LogP contribution is 2.37. The average Bonchev–Trinajstić information content (AvgIpc) is 3.39. The molecule has 0 aliphatic heterocycles. The van der Waals surface area contributed by atoms with E-state index in [9.17, 15) is 4.79 Å². The Bertz CT molecular complexity index is 1110. The molecule has 0 spiro atoms. The van der Waals surface area contributed by atoms with Gasteiger partial charge in [-0.1, -0.05) is 81.7 Å². The minimum atomic E-state index is -0.0980. The van der Waals surface area contributed by atoms with Crippen molar-refractivity contribution < 1.29 is 18.9 Å². The lowest BCUT2D eigenvalue weighted by Gasteiger charge is -2.28. The van der Waals surface area contributed by atoms with Crippen molar-refractivity contribution in [3.05, 3.63) is 53.6 Å². The summed E-state index contributed by atoms with van der Waals surface area (Å²) in [6, 6.07) is 14.2. The van der Waals surface area contributed by atoms with E-state index < -0.39 is 0 Å². The zero-order valence-electron chi connectivity index (χ0n) is 21.9. The predicted molar refractivity (Wildman–Crippen MR) is 143 cm³/mol. The summed E-state index contributed by atoms with van der Waals surface area (Å²) in [5.41, 5.74) is 3.80. The maximum absolute atomic E-state index is 12.6. The Labute approximate surface area is 220 Å². The first kappa shape index (κ1) is 25.7. The van der Waals surface area contributed by atoms with E-state index in [1.165, 1.54) is 69.8 Å². The van der Waals surface area contributed by atoms with Gasteiger partial charge in [-0.15, -0.1) is 0 Å². The third-order valence-corrected chi connectivity index (χ3v) is 8.20. The van der Waals surface area contributed by atoms with Crippen molar-refractivity contribution in [3.63, 3.8) is 0 Å². The molecule has 1 heterocycles. The number of nitrogens with zero attached hydrogens (tertiary/aromatic N) is 2. The summed E-state index contributed by atoms with van der Waals surface area (Å²) in [6.45, 7) is 0.335. The van der Waals surface area contributed by atoms with Gasteiger partial charge in [-0.25, -0.2) is 4.63 Å². The minimum absolute atomic E-state index is 0.0564. The Morgan fingerprint density at radius 3 is 2.19 bits per heavy atom. The molecule has 6 nitrogen and oxygen atoms in total. The van der Waals surface area contributed by atoms with E-state index in [1.54, 1.807) is 0 Å². The lowest BCUT2D eigenvalue weighted by molar-refractivity contribution is -0.151. The van der Waals surface area contributed by atoms with Crippen LogP contribution >= 0.6 is 0 Å². The van der Waals surface area contributed by atoms with Gasteiger partial charge < -0.3 is 9.47 Å². The van der Waals surface area contributed by atoms with Gasteiger partial charge >= 0.3 is 5.97 Å². The normalized spacial score (nSPS) is 22.3. The first-order chi connectivity index (χ1) is 18.3. The van der Waals surface area contributed by atoms with Crippen molar-refractivity contribution in [2.75, 3.05) is 0 Å². The average molecular weight is 505 g/mol. The van der Waals surface area contributed by atoms with Crippen LogP contribution in [0.15, 0.2) is 47.1 Å². The molecule has 0 atom stereocenters. The summed E-state index contributed by atoms with van der Waals surface area (Å²) >= 11 is 0. The van der Waals surface area contributed by atoms with Crippen molar-refractivity contribution in [1.29, 1.82) is 0 Å². The van der Waals surface area contributed by atoms with Crippen LogP contribution < -0.4 is 4.74 Å². The molecule has 0 saturated heterocycles. The number of carbonyl (C=O) groups is 1. The van der Waals surface area contributed by atoms with Crippen LogP contribution in [0.3, 0.4) is 0 Å². The smallest absolute Gasteiger partial charge is 0.309 e. The Hall–Kier alpha value is -2.89. The number of ether oxygens (including phenoxy) is 2. The zero-order valence-corrected chi connectivity index (χ0v) is 21.9. The molecule has 0 radical (unpaired) electrons. The molecule has 0 amide bonds. The molecule has 5 rings (SSSR count). The number of esters is 1. The first-order valence-electron chi connectivity index (χ1n) is 14.4. The number of aromatic nitrogens is 2. The number of carbonyl (C=O) groups excluding carboxylic acids is 1. The summed E-state index contributed by atoms with van der Waals surface area (Å²) in [6.07, 6.45) is 16.4. The molecule has 0 N–H and O–H groups in total. The maximum Gasteiger partial charge on any atom is 0.309 e. The van der Waals surface area contributed by atoms with E-state index >= 15 is 0 Å². The van der Waals surface area contributed by atoms with Crippen LogP contribution in [0.25, 0.3) is 11.0 Å². The highest BCUT2D eigenvalue weighted by atomic mass is 16.6. The summed E-state index contributed by atoms with van der Waals surface area (Å²) in [5.74, 6) is 1.14.